The minimum absolute atomic E-state index is 0.0355. The van der Waals surface area contributed by atoms with Crippen LogP contribution in [0.4, 0.5) is 4.39 Å². The van der Waals surface area contributed by atoms with Crippen molar-refractivity contribution >= 4 is 5.91 Å². The van der Waals surface area contributed by atoms with Crippen LogP contribution in [-0.2, 0) is 0 Å². The minimum Gasteiger partial charge on any atom is -0.396 e. The van der Waals surface area contributed by atoms with Crippen molar-refractivity contribution in [3.8, 4) is 0 Å². The van der Waals surface area contributed by atoms with Crippen molar-refractivity contribution in [3.05, 3.63) is 34.6 Å². The molecule has 0 aromatic heterocycles. The SMILES string of the molecule is Cc1cc(C(=O)N2CC[C@H](CCO)C2)cc(C)c1F. The molecule has 0 bridgehead atoms. The lowest BCUT2D eigenvalue weighted by Gasteiger charge is -2.17. The third kappa shape index (κ3) is 2.95. The number of aliphatic hydroxyl groups excluding tert-OH is 1. The van der Waals surface area contributed by atoms with Crippen LogP contribution in [-0.4, -0.2) is 35.6 Å². The number of hydrogen-bond acceptors (Lipinski definition) is 2. The third-order valence-corrected chi connectivity index (χ3v) is 3.79. The molecule has 0 aliphatic carbocycles. The van der Waals surface area contributed by atoms with Crippen LogP contribution in [0, 0.1) is 25.6 Å². The Balaban J connectivity index is 2.13. The second kappa shape index (κ2) is 5.70. The quantitative estimate of drug-likeness (QED) is 0.911. The van der Waals surface area contributed by atoms with Gasteiger partial charge in [0.2, 0.25) is 0 Å². The molecular formula is C15H20FNO2. The van der Waals surface area contributed by atoms with E-state index >= 15 is 0 Å². The van der Waals surface area contributed by atoms with Crippen molar-refractivity contribution in [2.45, 2.75) is 26.7 Å². The molecule has 1 N–H and O–H groups in total. The predicted octanol–water partition coefficient (Wildman–Crippen LogP) is 2.29. The average molecular weight is 265 g/mol. The van der Waals surface area contributed by atoms with Crippen LogP contribution in [0.1, 0.15) is 34.3 Å². The van der Waals surface area contributed by atoms with E-state index in [0.29, 0.717) is 29.2 Å². The molecule has 2 rings (SSSR count). The third-order valence-electron chi connectivity index (χ3n) is 3.79. The van der Waals surface area contributed by atoms with Crippen LogP contribution >= 0.6 is 0 Å². The van der Waals surface area contributed by atoms with E-state index in [9.17, 15) is 9.18 Å². The highest BCUT2D eigenvalue weighted by molar-refractivity contribution is 5.94. The van der Waals surface area contributed by atoms with Crippen LogP contribution in [0.2, 0.25) is 0 Å². The number of carbonyl (C=O) groups excluding carboxylic acids is 1. The molecule has 3 nitrogen and oxygen atoms in total. The van der Waals surface area contributed by atoms with Gasteiger partial charge in [-0.1, -0.05) is 0 Å². The van der Waals surface area contributed by atoms with E-state index < -0.39 is 0 Å². The first-order valence-electron chi connectivity index (χ1n) is 6.69. The number of aryl methyl sites for hydroxylation is 2. The van der Waals surface area contributed by atoms with E-state index in [2.05, 4.69) is 0 Å². The Morgan fingerprint density at radius 1 is 1.42 bits per heavy atom. The van der Waals surface area contributed by atoms with Gasteiger partial charge in [-0.25, -0.2) is 4.39 Å². The molecule has 0 radical (unpaired) electrons. The van der Waals surface area contributed by atoms with Gasteiger partial charge in [-0.15, -0.1) is 0 Å². The summed E-state index contributed by atoms with van der Waals surface area (Å²) in [5.41, 5.74) is 1.57. The maximum Gasteiger partial charge on any atom is 0.253 e. The van der Waals surface area contributed by atoms with Gasteiger partial charge in [-0.3, -0.25) is 4.79 Å². The molecule has 4 heteroatoms. The predicted molar refractivity (Wildman–Crippen MR) is 71.6 cm³/mol. The van der Waals surface area contributed by atoms with Crippen LogP contribution in [0.5, 0.6) is 0 Å². The molecule has 1 amide bonds. The Morgan fingerprint density at radius 3 is 2.63 bits per heavy atom. The van der Waals surface area contributed by atoms with Gasteiger partial charge < -0.3 is 10.0 Å². The molecule has 1 heterocycles. The highest BCUT2D eigenvalue weighted by Gasteiger charge is 2.26. The first kappa shape index (κ1) is 14.0. The summed E-state index contributed by atoms with van der Waals surface area (Å²) in [6.07, 6.45) is 1.68. The molecular weight excluding hydrogens is 245 g/mol. The Labute approximate surface area is 113 Å². The molecule has 104 valence electrons. The van der Waals surface area contributed by atoms with Gasteiger partial charge in [0.15, 0.2) is 0 Å². The number of hydrogen-bond donors (Lipinski definition) is 1. The zero-order valence-corrected chi connectivity index (χ0v) is 11.4. The molecule has 0 unspecified atom stereocenters. The van der Waals surface area contributed by atoms with Crippen molar-refractivity contribution in [2.24, 2.45) is 5.92 Å². The first-order chi connectivity index (χ1) is 9.02. The van der Waals surface area contributed by atoms with Crippen molar-refractivity contribution in [3.63, 3.8) is 0 Å². The lowest BCUT2D eigenvalue weighted by atomic mass is 10.1. The molecule has 1 aliphatic rings. The standard InChI is InChI=1S/C15H20FNO2/c1-10-7-13(8-11(2)14(10)16)15(19)17-5-3-12(9-17)4-6-18/h7-8,12,18H,3-6,9H2,1-2H3/t12-/m1/s1. The zero-order valence-electron chi connectivity index (χ0n) is 11.4. The van der Waals surface area contributed by atoms with Gasteiger partial charge in [0.05, 0.1) is 0 Å². The highest BCUT2D eigenvalue weighted by Crippen LogP contribution is 2.22. The summed E-state index contributed by atoms with van der Waals surface area (Å²) < 4.78 is 13.6. The second-order valence-electron chi connectivity index (χ2n) is 5.34. The summed E-state index contributed by atoms with van der Waals surface area (Å²) in [5.74, 6) is 0.111. The van der Waals surface area contributed by atoms with E-state index in [1.807, 2.05) is 0 Å². The lowest BCUT2D eigenvalue weighted by molar-refractivity contribution is 0.0784. The molecule has 1 aromatic rings. The topological polar surface area (TPSA) is 40.5 Å². The van der Waals surface area contributed by atoms with E-state index in [1.54, 1.807) is 30.9 Å². The summed E-state index contributed by atoms with van der Waals surface area (Å²) in [6, 6.07) is 3.23. The Kier molecular flexibility index (Phi) is 4.20. The van der Waals surface area contributed by atoms with E-state index in [-0.39, 0.29) is 18.3 Å². The van der Waals surface area contributed by atoms with Crippen molar-refractivity contribution in [2.75, 3.05) is 19.7 Å². The van der Waals surface area contributed by atoms with Gasteiger partial charge in [-0.2, -0.15) is 0 Å². The maximum absolute atomic E-state index is 13.6. The number of amides is 1. The summed E-state index contributed by atoms with van der Waals surface area (Å²) in [4.78, 5) is 14.2. The molecule has 1 fully saturated rings. The van der Waals surface area contributed by atoms with E-state index in [4.69, 9.17) is 5.11 Å². The minimum atomic E-state index is -0.240. The van der Waals surface area contributed by atoms with E-state index in [1.165, 1.54) is 0 Å². The number of rotatable bonds is 3. The average Bonchev–Trinajstić information content (AvgIpc) is 2.83. The summed E-state index contributed by atoms with van der Waals surface area (Å²) in [5, 5.41) is 8.93. The van der Waals surface area contributed by atoms with Crippen LogP contribution < -0.4 is 0 Å². The van der Waals surface area contributed by atoms with Gasteiger partial charge in [0, 0.05) is 25.3 Å². The molecule has 0 spiro atoms. The number of benzene rings is 1. The van der Waals surface area contributed by atoms with Gasteiger partial charge in [0.25, 0.3) is 5.91 Å². The lowest BCUT2D eigenvalue weighted by Crippen LogP contribution is -2.29. The van der Waals surface area contributed by atoms with Crippen LogP contribution in [0.3, 0.4) is 0 Å². The Bertz CT molecular complexity index is 464. The van der Waals surface area contributed by atoms with Gasteiger partial charge >= 0.3 is 0 Å². The fraction of sp³-hybridized carbons (Fsp3) is 0.533. The van der Waals surface area contributed by atoms with Gasteiger partial charge in [-0.05, 0) is 55.9 Å². The maximum atomic E-state index is 13.6. The Morgan fingerprint density at radius 2 is 2.05 bits per heavy atom. The molecule has 0 saturated carbocycles. The highest BCUT2D eigenvalue weighted by atomic mass is 19.1. The number of aliphatic hydroxyl groups is 1. The van der Waals surface area contributed by atoms with Crippen LogP contribution in [0.25, 0.3) is 0 Å². The molecule has 1 saturated heterocycles. The fourth-order valence-corrected chi connectivity index (χ4v) is 2.69. The number of likely N-dealkylation sites (tertiary alicyclic amines) is 1. The summed E-state index contributed by atoms with van der Waals surface area (Å²) >= 11 is 0. The number of carbonyl (C=O) groups is 1. The smallest absolute Gasteiger partial charge is 0.253 e. The number of halogens is 1. The van der Waals surface area contributed by atoms with Crippen molar-refractivity contribution in [1.29, 1.82) is 0 Å². The monoisotopic (exact) mass is 265 g/mol. The molecule has 1 aliphatic heterocycles. The fourth-order valence-electron chi connectivity index (χ4n) is 2.69. The Hall–Kier alpha value is -1.42. The molecule has 1 atom stereocenters. The van der Waals surface area contributed by atoms with Crippen molar-refractivity contribution < 1.29 is 14.3 Å². The summed E-state index contributed by atoms with van der Waals surface area (Å²) in [6.45, 7) is 4.94. The number of nitrogens with zero attached hydrogens (tertiary/aromatic N) is 1. The molecule has 19 heavy (non-hydrogen) atoms. The van der Waals surface area contributed by atoms with Crippen LogP contribution in [0.15, 0.2) is 12.1 Å². The van der Waals surface area contributed by atoms with Crippen molar-refractivity contribution in [1.82, 2.24) is 4.90 Å². The van der Waals surface area contributed by atoms with E-state index in [0.717, 1.165) is 19.4 Å². The largest absolute Gasteiger partial charge is 0.396 e. The van der Waals surface area contributed by atoms with Gasteiger partial charge in [0.1, 0.15) is 5.82 Å². The first-order valence-corrected chi connectivity index (χ1v) is 6.69. The second-order valence-corrected chi connectivity index (χ2v) is 5.34. The zero-order chi connectivity index (χ0) is 14.0. The normalized spacial score (nSPS) is 18.9. The molecule has 1 aromatic carbocycles. The summed E-state index contributed by atoms with van der Waals surface area (Å²) in [7, 11) is 0.